The third kappa shape index (κ3) is 9.86. The fraction of sp³-hybridized carbons (Fsp3) is 0.298. The molecular weight excluding hydrogens is 843 g/mol. The first-order valence-corrected chi connectivity index (χ1v) is 22.0. The molecule has 7 aromatic rings. The maximum atomic E-state index is 6.04. The van der Waals surface area contributed by atoms with E-state index >= 15 is 0 Å². The van der Waals surface area contributed by atoms with Gasteiger partial charge in [0, 0.05) is 44.6 Å². The average Bonchev–Trinajstić information content (AvgIpc) is 3.48. The van der Waals surface area contributed by atoms with Crippen molar-refractivity contribution in [3.8, 4) is 22.5 Å². The van der Waals surface area contributed by atoms with E-state index in [0.29, 0.717) is 11.8 Å². The molecule has 0 saturated heterocycles. The smallest absolute Gasteiger partial charge is 0.139 e. The Morgan fingerprint density at radius 1 is 0.774 bits per heavy atom. The summed E-state index contributed by atoms with van der Waals surface area (Å²) in [6.07, 6.45) is 5.93. The van der Waals surface area contributed by atoms with Gasteiger partial charge in [-0.3, -0.25) is 4.98 Å². The molecule has 4 aromatic heterocycles. The van der Waals surface area contributed by atoms with Crippen LogP contribution in [0, 0.1) is 23.5 Å². The van der Waals surface area contributed by atoms with E-state index in [1.54, 1.807) is 0 Å². The molecule has 4 heterocycles. The molecular formula is C47H51IrN3OSi-2. The fourth-order valence-corrected chi connectivity index (χ4v) is 8.11. The van der Waals surface area contributed by atoms with Crippen molar-refractivity contribution in [3.05, 3.63) is 144 Å². The van der Waals surface area contributed by atoms with Crippen LogP contribution >= 0.6 is 0 Å². The summed E-state index contributed by atoms with van der Waals surface area (Å²) in [5.41, 5.74) is 11.7. The number of hydrogen-bond acceptors (Lipinski definition) is 4. The van der Waals surface area contributed by atoms with Gasteiger partial charge in [-0.05, 0) is 69.4 Å². The topological polar surface area (TPSA) is 51.8 Å². The molecule has 1 unspecified atom stereocenters. The minimum atomic E-state index is -1.34. The van der Waals surface area contributed by atoms with Crippen LogP contribution in [0.4, 0.5) is 0 Å². The Morgan fingerprint density at radius 2 is 1.51 bits per heavy atom. The average molecular weight is 894 g/mol. The van der Waals surface area contributed by atoms with Crippen LogP contribution in [0.1, 0.15) is 69.8 Å². The van der Waals surface area contributed by atoms with E-state index in [2.05, 4.69) is 144 Å². The molecule has 6 heteroatoms. The SMILES string of the molecule is CC(C)Cc1cc(-c2[c-]cccc2)ncc1[Si](C)(C)C.CC(c1ccnc(-c2[c-]cc3oc4ccc(Cc5ccccc5)nc4c3c2)c1)C(C)(C)C.[Ir]. The third-order valence-electron chi connectivity index (χ3n) is 9.80. The van der Waals surface area contributed by atoms with E-state index in [1.807, 2.05) is 48.7 Å². The first kappa shape index (κ1) is 40.0. The van der Waals surface area contributed by atoms with Crippen LogP contribution < -0.4 is 5.19 Å². The number of benzene rings is 3. The van der Waals surface area contributed by atoms with Crippen LogP contribution in [-0.4, -0.2) is 23.0 Å². The predicted molar refractivity (Wildman–Crippen MR) is 221 cm³/mol. The molecule has 0 N–H and O–H groups in total. The number of rotatable bonds is 8. The van der Waals surface area contributed by atoms with Crippen molar-refractivity contribution < 1.29 is 24.5 Å². The van der Waals surface area contributed by atoms with Crippen LogP contribution in [-0.2, 0) is 32.9 Å². The van der Waals surface area contributed by atoms with Crippen LogP contribution in [0.15, 0.2) is 114 Å². The summed E-state index contributed by atoms with van der Waals surface area (Å²) in [5, 5.41) is 2.49. The molecule has 1 atom stereocenters. The normalized spacial score (nSPS) is 12.3. The molecule has 4 nitrogen and oxygen atoms in total. The summed E-state index contributed by atoms with van der Waals surface area (Å²) in [4.78, 5) is 14.3. The number of hydrogen-bond donors (Lipinski definition) is 0. The number of aromatic nitrogens is 3. The second kappa shape index (κ2) is 16.8. The Morgan fingerprint density at radius 3 is 2.19 bits per heavy atom. The van der Waals surface area contributed by atoms with Crippen LogP contribution in [0.2, 0.25) is 19.6 Å². The summed E-state index contributed by atoms with van der Waals surface area (Å²) >= 11 is 0. The van der Waals surface area contributed by atoms with Crippen molar-refractivity contribution in [2.75, 3.05) is 0 Å². The zero-order valence-electron chi connectivity index (χ0n) is 32.5. The van der Waals surface area contributed by atoms with Crippen molar-refractivity contribution in [2.45, 2.75) is 79.9 Å². The van der Waals surface area contributed by atoms with Gasteiger partial charge in [-0.15, -0.1) is 59.7 Å². The predicted octanol–water partition coefficient (Wildman–Crippen LogP) is 11.9. The number of nitrogens with zero attached hydrogens (tertiary/aromatic N) is 3. The Bertz CT molecular complexity index is 2270. The maximum absolute atomic E-state index is 6.04. The van der Waals surface area contributed by atoms with Gasteiger partial charge in [0.1, 0.15) is 5.58 Å². The van der Waals surface area contributed by atoms with Gasteiger partial charge in [-0.25, -0.2) is 0 Å². The van der Waals surface area contributed by atoms with Crippen molar-refractivity contribution in [2.24, 2.45) is 11.3 Å². The van der Waals surface area contributed by atoms with Crippen molar-refractivity contribution >= 4 is 35.3 Å². The van der Waals surface area contributed by atoms with Crippen molar-refractivity contribution in [1.29, 1.82) is 0 Å². The molecule has 53 heavy (non-hydrogen) atoms. The van der Waals surface area contributed by atoms with Crippen molar-refractivity contribution in [3.63, 3.8) is 0 Å². The van der Waals surface area contributed by atoms with E-state index in [1.165, 1.54) is 21.9 Å². The molecule has 0 bridgehead atoms. The number of furan rings is 1. The van der Waals surface area contributed by atoms with Gasteiger partial charge in [0.05, 0.1) is 19.2 Å². The Labute approximate surface area is 330 Å². The second-order valence-corrected chi connectivity index (χ2v) is 21.5. The standard InChI is InChI=1S/C29H27N2O.C18H24NSi.Ir/c1-19(29(2,3)4)21-14-15-30-25(18-21)22-10-12-26-24(17-22)28-27(32-26)13-11-23(31-28)16-20-8-6-5-7-9-20;1-14(2)11-16-12-17(15-9-7-6-8-10-15)19-13-18(16)20(3,4)5;/h5-9,11-15,17-19H,16H2,1-4H3;6-9,12-14H,11H2,1-5H3;/q2*-1;. The van der Waals surface area contributed by atoms with E-state index in [0.717, 1.165) is 63.1 Å². The van der Waals surface area contributed by atoms with Crippen LogP contribution in [0.25, 0.3) is 44.6 Å². The van der Waals surface area contributed by atoms with E-state index in [4.69, 9.17) is 9.40 Å². The van der Waals surface area contributed by atoms with E-state index in [-0.39, 0.29) is 25.5 Å². The summed E-state index contributed by atoms with van der Waals surface area (Å²) in [5.74, 6) is 1.09. The third-order valence-corrected chi connectivity index (χ3v) is 11.9. The Kier molecular flexibility index (Phi) is 12.7. The Balaban J connectivity index is 0.000000223. The summed E-state index contributed by atoms with van der Waals surface area (Å²) < 4.78 is 6.04. The van der Waals surface area contributed by atoms with E-state index in [9.17, 15) is 0 Å². The summed E-state index contributed by atoms with van der Waals surface area (Å²) in [7, 11) is -1.34. The monoisotopic (exact) mass is 894 g/mol. The molecule has 0 spiro atoms. The quantitative estimate of drug-likeness (QED) is 0.113. The molecule has 0 aliphatic heterocycles. The molecule has 1 radical (unpaired) electrons. The molecule has 0 saturated carbocycles. The minimum Gasteiger partial charge on any atom is -0.499 e. The Hall–Kier alpha value is -4.22. The first-order valence-electron chi connectivity index (χ1n) is 18.5. The fourth-order valence-electron chi connectivity index (χ4n) is 6.52. The van der Waals surface area contributed by atoms with Gasteiger partial charge in [-0.2, -0.15) is 0 Å². The van der Waals surface area contributed by atoms with Gasteiger partial charge in [0.25, 0.3) is 0 Å². The molecule has 275 valence electrons. The summed E-state index contributed by atoms with van der Waals surface area (Å²) in [6.45, 7) is 20.8. The molecule has 0 fully saturated rings. The molecule has 0 aliphatic rings. The zero-order chi connectivity index (χ0) is 37.0. The van der Waals surface area contributed by atoms with Crippen LogP contribution in [0.5, 0.6) is 0 Å². The maximum Gasteiger partial charge on any atom is 0.139 e. The van der Waals surface area contributed by atoms with Gasteiger partial charge in [0.15, 0.2) is 0 Å². The zero-order valence-corrected chi connectivity index (χ0v) is 35.9. The second-order valence-electron chi connectivity index (χ2n) is 16.5. The van der Waals surface area contributed by atoms with Gasteiger partial charge < -0.3 is 14.4 Å². The number of fused-ring (bicyclic) bond motifs is 3. The first-order chi connectivity index (χ1) is 24.8. The van der Waals surface area contributed by atoms with Gasteiger partial charge >= 0.3 is 0 Å². The molecule has 0 amide bonds. The molecule has 3 aromatic carbocycles. The number of pyridine rings is 3. The van der Waals surface area contributed by atoms with Gasteiger partial charge in [0.2, 0.25) is 0 Å². The van der Waals surface area contributed by atoms with Gasteiger partial charge in [-0.1, -0.05) is 115 Å². The van der Waals surface area contributed by atoms with Crippen LogP contribution in [0.3, 0.4) is 0 Å². The largest absolute Gasteiger partial charge is 0.499 e. The summed E-state index contributed by atoms with van der Waals surface area (Å²) in [6, 6.07) is 39.8. The van der Waals surface area contributed by atoms with E-state index < -0.39 is 8.07 Å². The molecule has 7 rings (SSSR count). The molecule has 0 aliphatic carbocycles. The van der Waals surface area contributed by atoms with Crippen molar-refractivity contribution in [1.82, 2.24) is 15.0 Å². The minimum absolute atomic E-state index is 0.